The summed E-state index contributed by atoms with van der Waals surface area (Å²) < 4.78 is 5.55. The normalized spacial score (nSPS) is 14.8. The SMILES string of the molecule is Cc1cc(OCC(=O)NN=Cc2ccccc2)nc(N2CCCCCC2)n1. The first-order valence-corrected chi connectivity index (χ1v) is 9.31. The first-order chi connectivity index (χ1) is 13.2. The maximum absolute atomic E-state index is 11.9. The van der Waals surface area contributed by atoms with Crippen LogP contribution in [0.4, 0.5) is 5.95 Å². The number of nitrogens with one attached hydrogen (secondary N) is 1. The zero-order chi connectivity index (χ0) is 18.9. The standard InChI is InChI=1S/C20H25N5O2/c1-16-13-19(23-20(22-16)25-11-7-2-3-8-12-25)27-15-18(26)24-21-14-17-9-5-4-6-10-17/h4-6,9-10,13-14H,2-3,7-8,11-12,15H2,1H3,(H,24,26). The van der Waals surface area contributed by atoms with Crippen LogP contribution in [-0.2, 0) is 4.79 Å². The first-order valence-electron chi connectivity index (χ1n) is 9.31. The van der Waals surface area contributed by atoms with Gasteiger partial charge in [-0.2, -0.15) is 10.1 Å². The van der Waals surface area contributed by atoms with Gasteiger partial charge in [0.15, 0.2) is 6.61 Å². The zero-order valence-corrected chi connectivity index (χ0v) is 15.6. The Hall–Kier alpha value is -2.96. The molecule has 0 radical (unpaired) electrons. The number of benzene rings is 1. The largest absolute Gasteiger partial charge is 0.467 e. The molecule has 1 fully saturated rings. The lowest BCUT2D eigenvalue weighted by molar-refractivity contribution is -0.123. The van der Waals surface area contributed by atoms with Crippen molar-refractivity contribution in [2.75, 3.05) is 24.6 Å². The number of hydrogen-bond acceptors (Lipinski definition) is 6. The lowest BCUT2D eigenvalue weighted by atomic mass is 10.2. The molecule has 0 atom stereocenters. The number of hydrazone groups is 1. The van der Waals surface area contributed by atoms with Gasteiger partial charge in [-0.05, 0) is 25.3 Å². The van der Waals surface area contributed by atoms with Crippen LogP contribution in [0.1, 0.15) is 36.9 Å². The van der Waals surface area contributed by atoms with Gasteiger partial charge < -0.3 is 9.64 Å². The molecule has 1 aromatic carbocycles. The van der Waals surface area contributed by atoms with Crippen molar-refractivity contribution in [3.8, 4) is 5.88 Å². The molecular weight excluding hydrogens is 342 g/mol. The molecule has 0 bridgehead atoms. The van der Waals surface area contributed by atoms with Crippen molar-refractivity contribution in [2.45, 2.75) is 32.6 Å². The second-order valence-electron chi connectivity index (χ2n) is 6.54. The van der Waals surface area contributed by atoms with E-state index < -0.39 is 0 Å². The highest BCUT2D eigenvalue weighted by molar-refractivity contribution is 5.82. The van der Waals surface area contributed by atoms with Crippen molar-refractivity contribution in [1.82, 2.24) is 15.4 Å². The van der Waals surface area contributed by atoms with E-state index in [4.69, 9.17) is 4.74 Å². The van der Waals surface area contributed by atoms with E-state index in [9.17, 15) is 4.79 Å². The Morgan fingerprint density at radius 2 is 1.93 bits per heavy atom. The molecule has 1 aliphatic rings. The molecule has 3 rings (SSSR count). The molecule has 7 nitrogen and oxygen atoms in total. The molecule has 0 aliphatic carbocycles. The summed E-state index contributed by atoms with van der Waals surface area (Å²) in [6, 6.07) is 11.3. The Balaban J connectivity index is 1.54. The second-order valence-corrected chi connectivity index (χ2v) is 6.54. The Morgan fingerprint density at radius 3 is 2.67 bits per heavy atom. The maximum Gasteiger partial charge on any atom is 0.278 e. The fourth-order valence-electron chi connectivity index (χ4n) is 2.90. The highest BCUT2D eigenvalue weighted by atomic mass is 16.5. The number of ether oxygens (including phenoxy) is 1. The highest BCUT2D eigenvalue weighted by Gasteiger charge is 2.14. The number of anilines is 1. The minimum atomic E-state index is -0.338. The minimum absolute atomic E-state index is 0.151. The van der Waals surface area contributed by atoms with Crippen LogP contribution in [0.15, 0.2) is 41.5 Å². The fourth-order valence-corrected chi connectivity index (χ4v) is 2.90. The summed E-state index contributed by atoms with van der Waals surface area (Å²) in [6.07, 6.45) is 6.37. The van der Waals surface area contributed by atoms with Crippen LogP contribution in [0, 0.1) is 6.92 Å². The van der Waals surface area contributed by atoms with Crippen molar-refractivity contribution in [3.05, 3.63) is 47.7 Å². The molecular formula is C20H25N5O2. The van der Waals surface area contributed by atoms with Crippen LogP contribution in [-0.4, -0.2) is 41.8 Å². The average Bonchev–Trinajstić information content (AvgIpc) is 2.96. The third-order valence-electron chi connectivity index (χ3n) is 4.26. The Morgan fingerprint density at radius 1 is 1.19 bits per heavy atom. The van der Waals surface area contributed by atoms with Gasteiger partial charge in [0.25, 0.3) is 5.91 Å². The number of hydrogen-bond donors (Lipinski definition) is 1. The number of carbonyl (C=O) groups is 1. The summed E-state index contributed by atoms with van der Waals surface area (Å²) in [5, 5.41) is 3.93. The van der Waals surface area contributed by atoms with Gasteiger partial charge in [-0.3, -0.25) is 4.79 Å². The van der Waals surface area contributed by atoms with Crippen molar-refractivity contribution in [1.29, 1.82) is 0 Å². The second kappa shape index (κ2) is 9.66. The van der Waals surface area contributed by atoms with Crippen molar-refractivity contribution in [3.63, 3.8) is 0 Å². The molecule has 2 heterocycles. The number of aromatic nitrogens is 2. The predicted molar refractivity (Wildman–Crippen MR) is 105 cm³/mol. The third-order valence-corrected chi connectivity index (χ3v) is 4.26. The predicted octanol–water partition coefficient (Wildman–Crippen LogP) is 2.69. The molecule has 7 heteroatoms. The lowest BCUT2D eigenvalue weighted by Crippen LogP contribution is -2.27. The van der Waals surface area contributed by atoms with Gasteiger partial charge in [-0.15, -0.1) is 0 Å². The van der Waals surface area contributed by atoms with E-state index in [-0.39, 0.29) is 12.5 Å². The topological polar surface area (TPSA) is 79.7 Å². The molecule has 1 aromatic heterocycles. The van der Waals surface area contributed by atoms with Gasteiger partial charge in [0.2, 0.25) is 11.8 Å². The fraction of sp³-hybridized carbons (Fsp3) is 0.400. The number of nitrogens with zero attached hydrogens (tertiary/aromatic N) is 4. The van der Waals surface area contributed by atoms with Gasteiger partial charge in [0.05, 0.1) is 6.21 Å². The van der Waals surface area contributed by atoms with Crippen LogP contribution in [0.25, 0.3) is 0 Å². The van der Waals surface area contributed by atoms with Crippen LogP contribution in [0.5, 0.6) is 5.88 Å². The molecule has 1 amide bonds. The van der Waals surface area contributed by atoms with Crippen LogP contribution in [0.2, 0.25) is 0 Å². The number of rotatable bonds is 6. The molecule has 0 saturated carbocycles. The molecule has 27 heavy (non-hydrogen) atoms. The van der Waals surface area contributed by atoms with Gasteiger partial charge in [-0.1, -0.05) is 43.2 Å². The van der Waals surface area contributed by atoms with Crippen molar-refractivity contribution >= 4 is 18.1 Å². The molecule has 1 N–H and O–H groups in total. The third kappa shape index (κ3) is 6.06. The van der Waals surface area contributed by atoms with E-state index in [1.54, 1.807) is 12.3 Å². The summed E-state index contributed by atoms with van der Waals surface area (Å²) in [7, 11) is 0. The average molecular weight is 367 g/mol. The van der Waals surface area contributed by atoms with Crippen LogP contribution in [0.3, 0.4) is 0 Å². The van der Waals surface area contributed by atoms with Crippen LogP contribution >= 0.6 is 0 Å². The number of aryl methyl sites for hydroxylation is 1. The smallest absolute Gasteiger partial charge is 0.278 e. The van der Waals surface area contributed by atoms with E-state index in [0.717, 1.165) is 37.2 Å². The van der Waals surface area contributed by atoms with E-state index in [0.29, 0.717) is 11.8 Å². The number of amides is 1. The summed E-state index contributed by atoms with van der Waals surface area (Å²) in [4.78, 5) is 23.1. The quantitative estimate of drug-likeness (QED) is 0.627. The van der Waals surface area contributed by atoms with Gasteiger partial charge >= 0.3 is 0 Å². The summed E-state index contributed by atoms with van der Waals surface area (Å²) in [6.45, 7) is 3.66. The molecule has 0 unspecified atom stereocenters. The van der Waals surface area contributed by atoms with E-state index >= 15 is 0 Å². The molecule has 1 aliphatic heterocycles. The van der Waals surface area contributed by atoms with Gasteiger partial charge in [0, 0.05) is 24.8 Å². The lowest BCUT2D eigenvalue weighted by Gasteiger charge is -2.20. The maximum atomic E-state index is 11.9. The summed E-state index contributed by atoms with van der Waals surface area (Å²) in [5.74, 6) is 0.744. The van der Waals surface area contributed by atoms with Crippen molar-refractivity contribution in [2.24, 2.45) is 5.10 Å². The highest BCUT2D eigenvalue weighted by Crippen LogP contribution is 2.19. The first kappa shape index (κ1) is 18.8. The molecule has 1 saturated heterocycles. The van der Waals surface area contributed by atoms with Gasteiger partial charge in [0.1, 0.15) is 0 Å². The summed E-state index contributed by atoms with van der Waals surface area (Å²) in [5.41, 5.74) is 4.18. The molecule has 142 valence electrons. The zero-order valence-electron chi connectivity index (χ0n) is 15.6. The van der Waals surface area contributed by atoms with Crippen LogP contribution < -0.4 is 15.1 Å². The van der Waals surface area contributed by atoms with E-state index in [1.807, 2.05) is 37.3 Å². The Bertz CT molecular complexity index is 771. The Labute approximate surface area is 159 Å². The van der Waals surface area contributed by atoms with E-state index in [1.165, 1.54) is 12.8 Å². The monoisotopic (exact) mass is 367 g/mol. The number of carbonyl (C=O) groups excluding carboxylic acids is 1. The Kier molecular flexibility index (Phi) is 6.73. The van der Waals surface area contributed by atoms with E-state index in [2.05, 4.69) is 25.4 Å². The van der Waals surface area contributed by atoms with Crippen molar-refractivity contribution < 1.29 is 9.53 Å². The summed E-state index contributed by atoms with van der Waals surface area (Å²) >= 11 is 0. The molecule has 2 aromatic rings. The minimum Gasteiger partial charge on any atom is -0.467 e. The molecule has 0 spiro atoms. The van der Waals surface area contributed by atoms with Gasteiger partial charge in [-0.25, -0.2) is 10.4 Å².